The molecule has 0 aromatic rings. The number of hydrogen-bond donors (Lipinski definition) is 2. The molecule has 1 aliphatic heterocycles. The summed E-state index contributed by atoms with van der Waals surface area (Å²) in [6, 6.07) is -0.467. The molecule has 0 spiro atoms. The molecule has 1 heterocycles. The quantitative estimate of drug-likeness (QED) is 0.808. The molecule has 0 radical (unpaired) electrons. The first-order valence-corrected chi connectivity index (χ1v) is 9.17. The summed E-state index contributed by atoms with van der Waals surface area (Å²) in [6.45, 7) is 6.51. The molecule has 142 valence electrons. The Morgan fingerprint density at radius 1 is 1.12 bits per heavy atom. The van der Waals surface area contributed by atoms with Crippen molar-refractivity contribution in [1.82, 2.24) is 10.2 Å². The van der Waals surface area contributed by atoms with E-state index < -0.39 is 23.7 Å². The van der Waals surface area contributed by atoms with Crippen molar-refractivity contribution < 1.29 is 24.2 Å². The van der Waals surface area contributed by atoms with Crippen molar-refractivity contribution in [2.75, 3.05) is 13.1 Å². The standard InChI is InChI=1S/C18H30N2O5/c1-18(2,3)25-17(24)20-10-4-5-14(20)15(21)19-11-12-6-8-13(9-7-12)16(22)23/h12-14H,4-11H2,1-3H3,(H,19,21)(H,22,23)/t12?,13?,14-/m0/s1. The van der Waals surface area contributed by atoms with Gasteiger partial charge in [0, 0.05) is 13.1 Å². The van der Waals surface area contributed by atoms with Crippen LogP contribution in [0.4, 0.5) is 4.79 Å². The summed E-state index contributed by atoms with van der Waals surface area (Å²) in [6.07, 6.45) is 3.98. The largest absolute Gasteiger partial charge is 0.481 e. The van der Waals surface area contributed by atoms with E-state index in [9.17, 15) is 14.4 Å². The van der Waals surface area contributed by atoms with Gasteiger partial charge in [-0.2, -0.15) is 0 Å². The number of nitrogens with zero attached hydrogens (tertiary/aromatic N) is 1. The fraction of sp³-hybridized carbons (Fsp3) is 0.833. The lowest BCUT2D eigenvalue weighted by Crippen LogP contribution is -2.48. The van der Waals surface area contributed by atoms with E-state index in [2.05, 4.69) is 5.32 Å². The first-order valence-electron chi connectivity index (χ1n) is 9.17. The van der Waals surface area contributed by atoms with Crippen LogP contribution in [0.25, 0.3) is 0 Å². The van der Waals surface area contributed by atoms with Gasteiger partial charge in [-0.3, -0.25) is 14.5 Å². The summed E-state index contributed by atoms with van der Waals surface area (Å²) in [5.74, 6) is -0.787. The van der Waals surface area contributed by atoms with E-state index in [1.165, 1.54) is 4.90 Å². The van der Waals surface area contributed by atoms with Gasteiger partial charge in [0.25, 0.3) is 0 Å². The number of amides is 2. The molecule has 1 saturated heterocycles. The smallest absolute Gasteiger partial charge is 0.410 e. The average Bonchev–Trinajstić information content (AvgIpc) is 3.01. The van der Waals surface area contributed by atoms with E-state index in [1.807, 2.05) is 20.8 Å². The van der Waals surface area contributed by atoms with E-state index >= 15 is 0 Å². The second kappa shape index (κ2) is 8.06. The van der Waals surface area contributed by atoms with Crippen LogP contribution in [0.5, 0.6) is 0 Å². The molecule has 1 saturated carbocycles. The number of nitrogens with one attached hydrogen (secondary N) is 1. The number of ether oxygens (including phenoxy) is 1. The first kappa shape index (κ1) is 19.5. The SMILES string of the molecule is CC(C)(C)OC(=O)N1CCC[C@H]1C(=O)NCC1CCC(C(=O)O)CC1. The maximum absolute atomic E-state index is 12.5. The minimum Gasteiger partial charge on any atom is -0.481 e. The van der Waals surface area contributed by atoms with Gasteiger partial charge < -0.3 is 15.2 Å². The van der Waals surface area contributed by atoms with E-state index in [-0.39, 0.29) is 11.8 Å². The highest BCUT2D eigenvalue weighted by molar-refractivity contribution is 5.86. The minimum absolute atomic E-state index is 0.135. The Morgan fingerprint density at radius 2 is 1.76 bits per heavy atom. The predicted octanol–water partition coefficient (Wildman–Crippen LogP) is 2.39. The molecule has 2 fully saturated rings. The normalized spacial score (nSPS) is 27.0. The number of rotatable bonds is 4. The summed E-state index contributed by atoms with van der Waals surface area (Å²) >= 11 is 0. The van der Waals surface area contributed by atoms with Crippen LogP contribution in [-0.4, -0.2) is 52.7 Å². The number of carboxylic acid groups (broad SMARTS) is 1. The Morgan fingerprint density at radius 3 is 2.32 bits per heavy atom. The molecule has 1 aliphatic carbocycles. The second-order valence-corrected chi connectivity index (χ2v) is 8.13. The van der Waals surface area contributed by atoms with E-state index in [1.54, 1.807) is 0 Å². The number of carbonyl (C=O) groups excluding carboxylic acids is 2. The Balaban J connectivity index is 1.80. The molecular formula is C18H30N2O5. The molecule has 0 aromatic heterocycles. The minimum atomic E-state index is -0.721. The highest BCUT2D eigenvalue weighted by Gasteiger charge is 2.36. The fourth-order valence-corrected chi connectivity index (χ4v) is 3.55. The van der Waals surface area contributed by atoms with Crippen molar-refractivity contribution in [3.63, 3.8) is 0 Å². The summed E-state index contributed by atoms with van der Waals surface area (Å²) in [5.41, 5.74) is -0.580. The molecule has 7 nitrogen and oxygen atoms in total. The zero-order valence-corrected chi connectivity index (χ0v) is 15.4. The lowest BCUT2D eigenvalue weighted by atomic mass is 9.82. The summed E-state index contributed by atoms with van der Waals surface area (Å²) in [7, 11) is 0. The van der Waals surface area contributed by atoms with Crippen LogP contribution in [0.3, 0.4) is 0 Å². The van der Waals surface area contributed by atoms with Crippen molar-refractivity contribution in [3.8, 4) is 0 Å². The van der Waals surface area contributed by atoms with Crippen molar-refractivity contribution >= 4 is 18.0 Å². The maximum atomic E-state index is 12.5. The maximum Gasteiger partial charge on any atom is 0.410 e. The topological polar surface area (TPSA) is 95.9 Å². The average molecular weight is 354 g/mol. The third-order valence-electron chi connectivity index (χ3n) is 4.94. The summed E-state index contributed by atoms with van der Waals surface area (Å²) < 4.78 is 5.38. The van der Waals surface area contributed by atoms with Crippen molar-refractivity contribution in [2.45, 2.75) is 70.9 Å². The van der Waals surface area contributed by atoms with Gasteiger partial charge in [0.15, 0.2) is 0 Å². The Kier molecular flexibility index (Phi) is 6.30. The molecule has 1 atom stereocenters. The number of carboxylic acids is 1. The molecule has 2 rings (SSSR count). The van der Waals surface area contributed by atoms with Crippen LogP contribution in [0.2, 0.25) is 0 Å². The second-order valence-electron chi connectivity index (χ2n) is 8.13. The lowest BCUT2D eigenvalue weighted by Gasteiger charge is -2.29. The molecule has 2 N–H and O–H groups in total. The Bertz CT molecular complexity index is 506. The molecule has 2 aliphatic rings. The van der Waals surface area contributed by atoms with E-state index in [0.717, 1.165) is 19.3 Å². The van der Waals surface area contributed by atoms with Crippen LogP contribution in [0, 0.1) is 11.8 Å². The number of aliphatic carboxylic acids is 1. The number of carbonyl (C=O) groups is 3. The summed E-state index contributed by atoms with van der Waals surface area (Å²) in [4.78, 5) is 37.2. The molecular weight excluding hydrogens is 324 g/mol. The molecule has 0 bridgehead atoms. The molecule has 0 unspecified atom stereocenters. The van der Waals surface area contributed by atoms with Gasteiger partial charge in [-0.05, 0) is 65.2 Å². The fourth-order valence-electron chi connectivity index (χ4n) is 3.55. The van der Waals surface area contributed by atoms with Crippen molar-refractivity contribution in [2.24, 2.45) is 11.8 Å². The van der Waals surface area contributed by atoms with E-state index in [4.69, 9.17) is 9.84 Å². The van der Waals surface area contributed by atoms with Gasteiger partial charge in [0.05, 0.1) is 5.92 Å². The van der Waals surface area contributed by atoms with Gasteiger partial charge in [-0.25, -0.2) is 4.79 Å². The Labute approximate surface area is 149 Å². The van der Waals surface area contributed by atoms with Crippen molar-refractivity contribution in [1.29, 1.82) is 0 Å². The zero-order valence-electron chi connectivity index (χ0n) is 15.4. The molecule has 25 heavy (non-hydrogen) atoms. The van der Waals surface area contributed by atoms with Gasteiger partial charge in [-0.1, -0.05) is 0 Å². The third-order valence-corrected chi connectivity index (χ3v) is 4.94. The van der Waals surface area contributed by atoms with Gasteiger partial charge >= 0.3 is 12.1 Å². The predicted molar refractivity (Wildman–Crippen MR) is 92.1 cm³/mol. The van der Waals surface area contributed by atoms with Gasteiger partial charge in [0.1, 0.15) is 11.6 Å². The highest BCUT2D eigenvalue weighted by atomic mass is 16.6. The third kappa shape index (κ3) is 5.61. The summed E-state index contributed by atoms with van der Waals surface area (Å²) in [5, 5.41) is 12.0. The number of likely N-dealkylation sites (tertiary alicyclic amines) is 1. The molecule has 0 aromatic carbocycles. The Hall–Kier alpha value is -1.79. The molecule has 7 heteroatoms. The van der Waals surface area contributed by atoms with Crippen LogP contribution in [0.15, 0.2) is 0 Å². The first-order chi connectivity index (χ1) is 11.7. The van der Waals surface area contributed by atoms with Crippen LogP contribution in [-0.2, 0) is 14.3 Å². The van der Waals surface area contributed by atoms with E-state index in [0.29, 0.717) is 38.3 Å². The zero-order chi connectivity index (χ0) is 18.6. The van der Waals surface area contributed by atoms with Gasteiger partial charge in [0.2, 0.25) is 5.91 Å². The highest BCUT2D eigenvalue weighted by Crippen LogP contribution is 2.28. The van der Waals surface area contributed by atoms with Crippen LogP contribution in [0.1, 0.15) is 59.3 Å². The van der Waals surface area contributed by atoms with Gasteiger partial charge in [-0.15, -0.1) is 0 Å². The lowest BCUT2D eigenvalue weighted by molar-refractivity contribution is -0.143. The van der Waals surface area contributed by atoms with Crippen LogP contribution < -0.4 is 5.32 Å². The van der Waals surface area contributed by atoms with Crippen LogP contribution >= 0.6 is 0 Å². The monoisotopic (exact) mass is 354 g/mol. The van der Waals surface area contributed by atoms with Crippen molar-refractivity contribution in [3.05, 3.63) is 0 Å². The number of hydrogen-bond acceptors (Lipinski definition) is 4. The molecule has 2 amide bonds.